The number of nitrogens with two attached hydrogens (primary N) is 1. The lowest BCUT2D eigenvalue weighted by atomic mass is 10.1. The van der Waals surface area contributed by atoms with Crippen molar-refractivity contribution in [3.63, 3.8) is 0 Å². The first kappa shape index (κ1) is 18.0. The van der Waals surface area contributed by atoms with E-state index in [1.807, 2.05) is 24.3 Å². The number of hydrogen-bond acceptors (Lipinski definition) is 1. The molecule has 21 heavy (non-hydrogen) atoms. The fraction of sp³-hybridized carbons (Fsp3) is 0.188. The second-order valence-electron chi connectivity index (χ2n) is 4.83. The van der Waals surface area contributed by atoms with E-state index in [4.69, 9.17) is 5.73 Å². The summed E-state index contributed by atoms with van der Waals surface area (Å²) < 4.78 is 1.06. The second-order valence-corrected chi connectivity index (χ2v) is 5.74. The molecule has 0 aliphatic carbocycles. The molecule has 0 saturated heterocycles. The van der Waals surface area contributed by atoms with E-state index in [9.17, 15) is 0 Å². The van der Waals surface area contributed by atoms with Gasteiger partial charge in [-0.3, -0.25) is 0 Å². The summed E-state index contributed by atoms with van der Waals surface area (Å²) >= 11 is 3.41. The molecule has 2 aromatic rings. The summed E-state index contributed by atoms with van der Waals surface area (Å²) in [7, 11) is 0. The number of halogens is 2. The number of nitrogens with one attached hydrogen (secondary N) is 1. The molecule has 0 aromatic heterocycles. The molecule has 0 aliphatic heterocycles. The van der Waals surface area contributed by atoms with Gasteiger partial charge in [0, 0.05) is 10.2 Å². The van der Waals surface area contributed by atoms with Crippen LogP contribution in [0.1, 0.15) is 16.7 Å². The van der Waals surface area contributed by atoms with Gasteiger partial charge in [-0.25, -0.2) is 4.99 Å². The van der Waals surface area contributed by atoms with E-state index in [1.165, 1.54) is 11.1 Å². The van der Waals surface area contributed by atoms with Crippen LogP contribution in [0, 0.1) is 13.8 Å². The van der Waals surface area contributed by atoms with Crippen LogP contribution >= 0.6 is 39.9 Å². The predicted molar refractivity (Wildman–Crippen MR) is 104 cm³/mol. The predicted octanol–water partition coefficient (Wildman–Crippen LogP) is 4.61. The van der Waals surface area contributed by atoms with Crippen LogP contribution in [0.3, 0.4) is 0 Å². The largest absolute Gasteiger partial charge is 0.370 e. The van der Waals surface area contributed by atoms with Crippen molar-refractivity contribution in [3.8, 4) is 0 Å². The number of guanidine groups is 1. The summed E-state index contributed by atoms with van der Waals surface area (Å²) in [5.74, 6) is 0.429. The van der Waals surface area contributed by atoms with E-state index in [0.29, 0.717) is 12.5 Å². The van der Waals surface area contributed by atoms with E-state index >= 15 is 0 Å². The zero-order chi connectivity index (χ0) is 14.5. The van der Waals surface area contributed by atoms with Gasteiger partial charge in [0.1, 0.15) is 0 Å². The topological polar surface area (TPSA) is 50.4 Å². The molecule has 0 unspecified atom stereocenters. The Morgan fingerprint density at radius 3 is 2.24 bits per heavy atom. The Labute approximate surface area is 151 Å². The highest BCUT2D eigenvalue weighted by Gasteiger charge is 1.98. The van der Waals surface area contributed by atoms with Crippen LogP contribution in [0.4, 0.5) is 5.69 Å². The van der Waals surface area contributed by atoms with Crippen molar-refractivity contribution in [2.45, 2.75) is 20.4 Å². The average molecular weight is 460 g/mol. The fourth-order valence-corrected chi connectivity index (χ4v) is 2.26. The van der Waals surface area contributed by atoms with Crippen molar-refractivity contribution < 1.29 is 0 Å². The van der Waals surface area contributed by atoms with Gasteiger partial charge < -0.3 is 11.1 Å². The third-order valence-corrected chi connectivity index (χ3v) is 3.37. The zero-order valence-corrected chi connectivity index (χ0v) is 16.0. The van der Waals surface area contributed by atoms with E-state index in [0.717, 1.165) is 15.7 Å². The van der Waals surface area contributed by atoms with Crippen LogP contribution in [0.15, 0.2) is 51.9 Å². The second kappa shape index (κ2) is 8.38. The van der Waals surface area contributed by atoms with E-state index in [-0.39, 0.29) is 24.0 Å². The van der Waals surface area contributed by atoms with Crippen LogP contribution < -0.4 is 11.1 Å². The molecule has 3 nitrogen and oxygen atoms in total. The van der Waals surface area contributed by atoms with Gasteiger partial charge in [0.25, 0.3) is 0 Å². The van der Waals surface area contributed by atoms with Crippen LogP contribution in [-0.2, 0) is 6.54 Å². The SMILES string of the molecule is Cc1cc(C)cc(NC(N)=NCc2ccc(Br)cc2)c1.I. The molecule has 0 bridgehead atoms. The van der Waals surface area contributed by atoms with Crippen molar-refractivity contribution in [2.24, 2.45) is 10.7 Å². The lowest BCUT2D eigenvalue weighted by Crippen LogP contribution is -2.22. The highest BCUT2D eigenvalue weighted by Crippen LogP contribution is 2.14. The minimum absolute atomic E-state index is 0. The number of benzene rings is 2. The maximum absolute atomic E-state index is 5.91. The number of nitrogens with zero attached hydrogens (tertiary/aromatic N) is 1. The van der Waals surface area contributed by atoms with Crippen molar-refractivity contribution in [1.29, 1.82) is 0 Å². The lowest BCUT2D eigenvalue weighted by molar-refractivity contribution is 1.06. The van der Waals surface area contributed by atoms with Gasteiger partial charge in [0.05, 0.1) is 6.54 Å². The highest BCUT2D eigenvalue weighted by atomic mass is 127. The summed E-state index contributed by atoms with van der Waals surface area (Å²) in [4.78, 5) is 4.35. The van der Waals surface area contributed by atoms with Crippen LogP contribution in [0.25, 0.3) is 0 Å². The maximum atomic E-state index is 5.91. The lowest BCUT2D eigenvalue weighted by Gasteiger charge is -2.08. The number of anilines is 1. The molecule has 0 fully saturated rings. The summed E-state index contributed by atoms with van der Waals surface area (Å²) in [6.07, 6.45) is 0. The Balaban J connectivity index is 0.00000220. The summed E-state index contributed by atoms with van der Waals surface area (Å²) in [5, 5.41) is 3.12. The standard InChI is InChI=1S/C16H18BrN3.HI/c1-11-7-12(2)9-15(8-11)20-16(18)19-10-13-3-5-14(17)6-4-13;/h3-9H,10H2,1-2H3,(H3,18,19,20);1H. The Bertz CT molecular complexity index is 604. The number of aliphatic imine (C=N–C) groups is 1. The molecule has 2 rings (SSSR count). The molecule has 2 aromatic carbocycles. The fourth-order valence-electron chi connectivity index (χ4n) is 2.00. The number of hydrogen-bond donors (Lipinski definition) is 2. The van der Waals surface area contributed by atoms with Crippen LogP contribution in [0.2, 0.25) is 0 Å². The minimum Gasteiger partial charge on any atom is -0.370 e. The van der Waals surface area contributed by atoms with Crippen molar-refractivity contribution in [3.05, 3.63) is 63.6 Å². The third kappa shape index (κ3) is 6.05. The maximum Gasteiger partial charge on any atom is 0.193 e. The molecule has 0 amide bonds. The molecule has 0 radical (unpaired) electrons. The van der Waals surface area contributed by atoms with Gasteiger partial charge in [-0.2, -0.15) is 0 Å². The third-order valence-electron chi connectivity index (χ3n) is 2.84. The van der Waals surface area contributed by atoms with Crippen LogP contribution in [0.5, 0.6) is 0 Å². The Kier molecular flexibility index (Phi) is 7.17. The van der Waals surface area contributed by atoms with Gasteiger partial charge in [0.15, 0.2) is 5.96 Å². The molecule has 0 heterocycles. The molecule has 0 atom stereocenters. The first-order valence-corrected chi connectivity index (χ1v) is 7.22. The Morgan fingerprint density at radius 2 is 1.67 bits per heavy atom. The molecule has 3 N–H and O–H groups in total. The molecule has 112 valence electrons. The molecule has 5 heteroatoms. The molecular formula is C16H19BrIN3. The first-order valence-electron chi connectivity index (χ1n) is 6.42. The number of rotatable bonds is 3. The van der Waals surface area contributed by atoms with Crippen LogP contribution in [-0.4, -0.2) is 5.96 Å². The highest BCUT2D eigenvalue weighted by molar-refractivity contribution is 14.0. The molecule has 0 spiro atoms. The van der Waals surface area contributed by atoms with Gasteiger partial charge in [-0.05, 0) is 54.8 Å². The summed E-state index contributed by atoms with van der Waals surface area (Å²) in [6.45, 7) is 4.69. The smallest absolute Gasteiger partial charge is 0.193 e. The first-order chi connectivity index (χ1) is 9.52. The Hall–Kier alpha value is -1.08. The minimum atomic E-state index is 0. The quantitative estimate of drug-likeness (QED) is 0.400. The van der Waals surface area contributed by atoms with Gasteiger partial charge in [-0.15, -0.1) is 24.0 Å². The van der Waals surface area contributed by atoms with E-state index in [1.54, 1.807) is 0 Å². The molecule has 0 aliphatic rings. The van der Waals surface area contributed by atoms with E-state index in [2.05, 4.69) is 58.3 Å². The summed E-state index contributed by atoms with van der Waals surface area (Å²) in [5.41, 5.74) is 10.4. The Morgan fingerprint density at radius 1 is 1.10 bits per heavy atom. The average Bonchev–Trinajstić information content (AvgIpc) is 2.37. The monoisotopic (exact) mass is 459 g/mol. The molecular weight excluding hydrogens is 441 g/mol. The van der Waals surface area contributed by atoms with E-state index < -0.39 is 0 Å². The van der Waals surface area contributed by atoms with Crippen molar-refractivity contribution in [2.75, 3.05) is 5.32 Å². The normalized spacial score (nSPS) is 10.9. The van der Waals surface area contributed by atoms with Gasteiger partial charge in [0.2, 0.25) is 0 Å². The van der Waals surface area contributed by atoms with Crippen molar-refractivity contribution in [1.82, 2.24) is 0 Å². The zero-order valence-electron chi connectivity index (χ0n) is 12.1. The van der Waals surface area contributed by atoms with Crippen molar-refractivity contribution >= 4 is 51.6 Å². The van der Waals surface area contributed by atoms with Gasteiger partial charge in [-0.1, -0.05) is 34.1 Å². The molecule has 0 saturated carbocycles. The number of aryl methyl sites for hydroxylation is 2. The summed E-state index contributed by atoms with van der Waals surface area (Å²) in [6, 6.07) is 14.3. The van der Waals surface area contributed by atoms with Gasteiger partial charge >= 0.3 is 0 Å².